The van der Waals surface area contributed by atoms with E-state index >= 15 is 0 Å². The minimum Gasteiger partial charge on any atom is -0.495 e. The Labute approximate surface area is 152 Å². The average molecular weight is 501 g/mol. The molecule has 1 unspecified atom stereocenters. The van der Waals surface area contributed by atoms with Crippen molar-refractivity contribution in [2.24, 2.45) is 5.84 Å². The largest absolute Gasteiger partial charge is 0.495 e. The van der Waals surface area contributed by atoms with Gasteiger partial charge in [0.1, 0.15) is 16.0 Å². The average Bonchev–Trinajstić information content (AvgIpc) is 2.79. The summed E-state index contributed by atoms with van der Waals surface area (Å²) in [5, 5.41) is 0. The van der Waals surface area contributed by atoms with Gasteiger partial charge in [0.05, 0.1) is 27.8 Å². The molecule has 1 heterocycles. The van der Waals surface area contributed by atoms with E-state index in [1.165, 1.54) is 0 Å². The van der Waals surface area contributed by atoms with Gasteiger partial charge in [0, 0.05) is 11.1 Å². The zero-order valence-corrected chi connectivity index (χ0v) is 16.8. The maximum Gasteiger partial charge on any atom is 0.141 e. The van der Waals surface area contributed by atoms with E-state index in [9.17, 15) is 0 Å². The highest BCUT2D eigenvalue weighted by Crippen LogP contribution is 2.44. The molecule has 0 saturated carbocycles. The van der Waals surface area contributed by atoms with Gasteiger partial charge in [-0.25, -0.2) is 5.43 Å². The molecule has 3 N–H and O–H groups in total. The Morgan fingerprint density at radius 1 is 1.14 bits per heavy atom. The van der Waals surface area contributed by atoms with Crippen molar-refractivity contribution in [3.63, 3.8) is 0 Å². The number of benzene rings is 1. The van der Waals surface area contributed by atoms with Gasteiger partial charge in [-0.1, -0.05) is 0 Å². The Bertz CT molecular complexity index is 649. The van der Waals surface area contributed by atoms with Crippen LogP contribution in [0, 0.1) is 0 Å². The van der Waals surface area contributed by atoms with Crippen LogP contribution in [-0.4, -0.2) is 14.2 Å². The van der Waals surface area contributed by atoms with Crippen LogP contribution < -0.4 is 20.7 Å². The Hall–Kier alpha value is -0.120. The second-order valence-corrected chi connectivity index (χ2v) is 8.63. The summed E-state index contributed by atoms with van der Waals surface area (Å²) in [6.45, 7) is 0. The van der Waals surface area contributed by atoms with E-state index in [1.807, 2.05) is 18.2 Å². The number of ether oxygens (including phenoxy) is 2. The third-order valence-electron chi connectivity index (χ3n) is 2.99. The lowest BCUT2D eigenvalue weighted by Crippen LogP contribution is -2.29. The predicted molar refractivity (Wildman–Crippen MR) is 96.1 cm³/mol. The molecule has 1 atom stereocenters. The molecule has 4 nitrogen and oxygen atoms in total. The van der Waals surface area contributed by atoms with Gasteiger partial charge in [-0.2, -0.15) is 0 Å². The van der Waals surface area contributed by atoms with E-state index in [-0.39, 0.29) is 6.04 Å². The summed E-state index contributed by atoms with van der Waals surface area (Å²) >= 11 is 12.2. The van der Waals surface area contributed by atoms with Crippen LogP contribution in [0.1, 0.15) is 17.2 Å². The molecule has 0 saturated heterocycles. The first-order valence-corrected chi connectivity index (χ1v) is 9.04. The summed E-state index contributed by atoms with van der Waals surface area (Å²) in [4.78, 5) is 0. The minimum atomic E-state index is -0.209. The standard InChI is InChI=1S/C13H13Br3N2O2S/c1-19-8-4-3-6(12(20-2)10(8)15)11(18-17)7-5-9(14)21-13(7)16/h3-5,11,18H,17H2,1-2H3. The molecule has 0 spiro atoms. The first kappa shape index (κ1) is 17.2. The van der Waals surface area contributed by atoms with Crippen molar-refractivity contribution in [3.8, 4) is 11.5 Å². The van der Waals surface area contributed by atoms with Crippen molar-refractivity contribution in [2.75, 3.05) is 14.2 Å². The third-order valence-corrected chi connectivity index (χ3v) is 6.12. The van der Waals surface area contributed by atoms with Crippen molar-refractivity contribution < 1.29 is 9.47 Å². The molecule has 114 valence electrons. The lowest BCUT2D eigenvalue weighted by Gasteiger charge is -2.21. The maximum absolute atomic E-state index is 5.78. The second-order valence-electron chi connectivity index (χ2n) is 4.08. The number of rotatable bonds is 5. The normalized spacial score (nSPS) is 12.3. The van der Waals surface area contributed by atoms with E-state index in [2.05, 4.69) is 53.2 Å². The molecule has 8 heteroatoms. The number of hydrazine groups is 1. The van der Waals surface area contributed by atoms with E-state index < -0.39 is 0 Å². The van der Waals surface area contributed by atoms with Gasteiger partial charge >= 0.3 is 0 Å². The number of nitrogens with one attached hydrogen (secondary N) is 1. The van der Waals surface area contributed by atoms with Crippen LogP contribution in [0.5, 0.6) is 11.5 Å². The van der Waals surface area contributed by atoms with Gasteiger partial charge < -0.3 is 9.47 Å². The summed E-state index contributed by atoms with van der Waals surface area (Å²) in [5.41, 5.74) is 4.79. The van der Waals surface area contributed by atoms with Gasteiger partial charge in [-0.15, -0.1) is 11.3 Å². The number of halogens is 3. The van der Waals surface area contributed by atoms with Crippen LogP contribution >= 0.6 is 59.1 Å². The molecule has 21 heavy (non-hydrogen) atoms. The molecule has 1 aromatic heterocycles. The van der Waals surface area contributed by atoms with Gasteiger partial charge in [-0.3, -0.25) is 5.84 Å². The smallest absolute Gasteiger partial charge is 0.141 e. The summed E-state index contributed by atoms with van der Waals surface area (Å²) in [6, 6.07) is 5.63. The molecule has 1 aromatic carbocycles. The topological polar surface area (TPSA) is 56.5 Å². The van der Waals surface area contributed by atoms with Crippen LogP contribution in [0.15, 0.2) is 30.2 Å². The number of nitrogens with two attached hydrogens (primary N) is 1. The fraction of sp³-hybridized carbons (Fsp3) is 0.231. The SMILES string of the molecule is COc1ccc(C(NN)c2cc(Br)sc2Br)c(OC)c1Br. The monoisotopic (exact) mass is 498 g/mol. The van der Waals surface area contributed by atoms with Gasteiger partial charge in [-0.05, 0) is 66.0 Å². The van der Waals surface area contributed by atoms with Crippen LogP contribution in [0.25, 0.3) is 0 Å². The lowest BCUT2D eigenvalue weighted by molar-refractivity contribution is 0.383. The highest BCUT2D eigenvalue weighted by Gasteiger charge is 2.24. The molecular weight excluding hydrogens is 488 g/mol. The molecule has 2 aromatic rings. The van der Waals surface area contributed by atoms with Crippen molar-refractivity contribution in [3.05, 3.63) is 41.4 Å². The molecule has 0 aliphatic heterocycles. The predicted octanol–water partition coefficient (Wildman–Crippen LogP) is 4.61. The highest BCUT2D eigenvalue weighted by atomic mass is 79.9. The maximum atomic E-state index is 5.78. The van der Waals surface area contributed by atoms with E-state index in [4.69, 9.17) is 15.3 Å². The van der Waals surface area contributed by atoms with Gasteiger partial charge in [0.2, 0.25) is 0 Å². The fourth-order valence-electron chi connectivity index (χ4n) is 2.04. The van der Waals surface area contributed by atoms with E-state index in [0.717, 1.165) is 23.2 Å². The van der Waals surface area contributed by atoms with Crippen molar-refractivity contribution in [1.82, 2.24) is 5.43 Å². The number of methoxy groups -OCH3 is 2. The zero-order valence-electron chi connectivity index (χ0n) is 11.2. The lowest BCUT2D eigenvalue weighted by atomic mass is 10.0. The van der Waals surface area contributed by atoms with Crippen molar-refractivity contribution in [2.45, 2.75) is 6.04 Å². The zero-order chi connectivity index (χ0) is 15.6. The van der Waals surface area contributed by atoms with Crippen LogP contribution in [-0.2, 0) is 0 Å². The highest BCUT2D eigenvalue weighted by molar-refractivity contribution is 9.12. The van der Waals surface area contributed by atoms with E-state index in [0.29, 0.717) is 11.5 Å². The quantitative estimate of drug-likeness (QED) is 0.465. The molecule has 0 bridgehead atoms. The molecule has 0 aliphatic rings. The second kappa shape index (κ2) is 7.43. The van der Waals surface area contributed by atoms with E-state index in [1.54, 1.807) is 25.6 Å². The summed E-state index contributed by atoms with van der Waals surface area (Å²) in [7, 11) is 3.24. The Morgan fingerprint density at radius 2 is 1.86 bits per heavy atom. The first-order valence-electron chi connectivity index (χ1n) is 5.84. The molecule has 0 fully saturated rings. The first-order chi connectivity index (χ1) is 10.0. The molecular formula is C13H13Br3N2O2S. The number of hydrogen-bond acceptors (Lipinski definition) is 5. The minimum absolute atomic E-state index is 0.209. The van der Waals surface area contributed by atoms with Crippen molar-refractivity contribution in [1.29, 1.82) is 0 Å². The molecule has 0 amide bonds. The van der Waals surface area contributed by atoms with Crippen LogP contribution in [0.4, 0.5) is 0 Å². The van der Waals surface area contributed by atoms with Gasteiger partial charge in [0.15, 0.2) is 0 Å². The Morgan fingerprint density at radius 3 is 2.33 bits per heavy atom. The third kappa shape index (κ3) is 3.46. The number of hydrogen-bond donors (Lipinski definition) is 2. The molecule has 0 aliphatic carbocycles. The molecule has 2 rings (SSSR count). The Balaban J connectivity index is 2.57. The van der Waals surface area contributed by atoms with Crippen molar-refractivity contribution >= 4 is 59.1 Å². The van der Waals surface area contributed by atoms with Crippen LogP contribution in [0.2, 0.25) is 0 Å². The summed E-state index contributed by atoms with van der Waals surface area (Å²) < 4.78 is 13.6. The van der Waals surface area contributed by atoms with Gasteiger partial charge in [0.25, 0.3) is 0 Å². The van der Waals surface area contributed by atoms with Crippen LogP contribution in [0.3, 0.4) is 0 Å². The fourth-order valence-corrected chi connectivity index (χ4v) is 5.63. The summed E-state index contributed by atoms with van der Waals surface area (Å²) in [6.07, 6.45) is 0. The summed E-state index contributed by atoms with van der Waals surface area (Å²) in [5.74, 6) is 7.17. The Kier molecular flexibility index (Phi) is 6.10. The number of thiophene rings is 1. The molecule has 0 radical (unpaired) electrons.